The zero-order chi connectivity index (χ0) is 13.2. The molecule has 0 aliphatic rings. The van der Waals surface area contributed by atoms with Crippen LogP contribution >= 0.6 is 11.6 Å². The second kappa shape index (κ2) is 9.01. The molecular formula is C15H22ClNO. The van der Waals surface area contributed by atoms with Gasteiger partial charge in [0.15, 0.2) is 0 Å². The van der Waals surface area contributed by atoms with Gasteiger partial charge in [-0.2, -0.15) is 0 Å². The molecule has 0 amide bonds. The molecule has 1 aromatic carbocycles. The Morgan fingerprint density at radius 3 is 2.94 bits per heavy atom. The van der Waals surface area contributed by atoms with Gasteiger partial charge in [-0.3, -0.25) is 0 Å². The Morgan fingerprint density at radius 2 is 2.22 bits per heavy atom. The van der Waals surface area contributed by atoms with Crippen LogP contribution in [0.15, 0.2) is 30.9 Å². The molecule has 0 unspecified atom stereocenters. The fourth-order valence-electron chi connectivity index (χ4n) is 1.70. The second-order valence-corrected chi connectivity index (χ2v) is 4.67. The van der Waals surface area contributed by atoms with Gasteiger partial charge in [-0.1, -0.05) is 44.0 Å². The summed E-state index contributed by atoms with van der Waals surface area (Å²) in [5.74, 6) is 0.877. The number of rotatable bonds is 9. The summed E-state index contributed by atoms with van der Waals surface area (Å²) in [7, 11) is 0. The van der Waals surface area contributed by atoms with Crippen LogP contribution in [0.25, 0.3) is 0 Å². The van der Waals surface area contributed by atoms with Crippen LogP contribution < -0.4 is 10.1 Å². The fraction of sp³-hybridized carbons (Fsp3) is 0.467. The van der Waals surface area contributed by atoms with Crippen molar-refractivity contribution in [3.63, 3.8) is 0 Å². The van der Waals surface area contributed by atoms with Crippen molar-refractivity contribution in [2.75, 3.05) is 13.2 Å². The van der Waals surface area contributed by atoms with Crippen LogP contribution in [-0.4, -0.2) is 13.2 Å². The molecule has 3 heteroatoms. The van der Waals surface area contributed by atoms with E-state index in [9.17, 15) is 0 Å². The van der Waals surface area contributed by atoms with E-state index in [0.29, 0.717) is 6.61 Å². The van der Waals surface area contributed by atoms with Gasteiger partial charge in [-0.15, -0.1) is 0 Å². The van der Waals surface area contributed by atoms with Gasteiger partial charge in [0.25, 0.3) is 0 Å². The van der Waals surface area contributed by atoms with Crippen molar-refractivity contribution in [1.29, 1.82) is 0 Å². The lowest BCUT2D eigenvalue weighted by Crippen LogP contribution is -2.15. The molecule has 0 saturated carbocycles. The molecule has 0 heterocycles. The molecular weight excluding hydrogens is 246 g/mol. The lowest BCUT2D eigenvalue weighted by molar-refractivity contribution is 0.358. The van der Waals surface area contributed by atoms with E-state index in [1.807, 2.05) is 18.2 Å². The van der Waals surface area contributed by atoms with Crippen molar-refractivity contribution in [3.05, 3.63) is 41.4 Å². The van der Waals surface area contributed by atoms with Crippen LogP contribution in [-0.2, 0) is 6.54 Å². The number of halogens is 1. The van der Waals surface area contributed by atoms with Crippen molar-refractivity contribution in [3.8, 4) is 5.75 Å². The minimum absolute atomic E-state index is 0.518. The van der Waals surface area contributed by atoms with Crippen molar-refractivity contribution in [1.82, 2.24) is 5.32 Å². The van der Waals surface area contributed by atoms with Gasteiger partial charge in [-0.25, -0.2) is 0 Å². The van der Waals surface area contributed by atoms with Crippen LogP contribution in [0.3, 0.4) is 0 Å². The van der Waals surface area contributed by atoms with Crippen molar-refractivity contribution < 1.29 is 4.74 Å². The number of nitrogens with one attached hydrogen (secondary N) is 1. The molecule has 0 radical (unpaired) electrons. The van der Waals surface area contributed by atoms with Crippen LogP contribution in [0, 0.1) is 0 Å². The average molecular weight is 268 g/mol. The Balaban J connectivity index is 2.50. The van der Waals surface area contributed by atoms with Gasteiger partial charge in [0, 0.05) is 17.1 Å². The van der Waals surface area contributed by atoms with Crippen LogP contribution in [0.2, 0.25) is 5.02 Å². The predicted octanol–water partition coefficient (Wildman–Crippen LogP) is 4.18. The highest BCUT2D eigenvalue weighted by molar-refractivity contribution is 6.30. The van der Waals surface area contributed by atoms with Gasteiger partial charge in [0.1, 0.15) is 12.4 Å². The lowest BCUT2D eigenvalue weighted by Gasteiger charge is -2.11. The topological polar surface area (TPSA) is 21.3 Å². The molecule has 0 fully saturated rings. The molecule has 0 aliphatic heterocycles. The molecule has 18 heavy (non-hydrogen) atoms. The van der Waals surface area contributed by atoms with E-state index < -0.39 is 0 Å². The zero-order valence-electron chi connectivity index (χ0n) is 11.0. The quantitative estimate of drug-likeness (QED) is 0.535. The molecule has 0 aliphatic carbocycles. The van der Waals surface area contributed by atoms with E-state index >= 15 is 0 Å². The van der Waals surface area contributed by atoms with E-state index in [1.54, 1.807) is 6.08 Å². The first-order valence-electron chi connectivity index (χ1n) is 6.50. The third kappa shape index (κ3) is 5.56. The molecule has 0 aromatic heterocycles. The third-order valence-corrected chi connectivity index (χ3v) is 2.89. The summed E-state index contributed by atoms with van der Waals surface area (Å²) in [5.41, 5.74) is 1.10. The summed E-state index contributed by atoms with van der Waals surface area (Å²) >= 11 is 6.01. The minimum Gasteiger partial charge on any atom is -0.489 e. The first-order valence-corrected chi connectivity index (χ1v) is 6.88. The summed E-state index contributed by atoms with van der Waals surface area (Å²) < 4.78 is 5.60. The highest BCUT2D eigenvalue weighted by Crippen LogP contribution is 2.22. The average Bonchev–Trinajstić information content (AvgIpc) is 2.37. The summed E-state index contributed by atoms with van der Waals surface area (Å²) in [6.07, 6.45) is 5.46. The maximum absolute atomic E-state index is 6.01. The predicted molar refractivity (Wildman–Crippen MR) is 78.4 cm³/mol. The van der Waals surface area contributed by atoms with E-state index in [-0.39, 0.29) is 0 Å². The van der Waals surface area contributed by atoms with E-state index in [1.165, 1.54) is 19.3 Å². The molecule has 1 aromatic rings. The Hall–Kier alpha value is -0.990. The van der Waals surface area contributed by atoms with Gasteiger partial charge >= 0.3 is 0 Å². The molecule has 0 saturated heterocycles. The van der Waals surface area contributed by atoms with Crippen molar-refractivity contribution in [2.24, 2.45) is 0 Å². The van der Waals surface area contributed by atoms with Gasteiger partial charge in [0.05, 0.1) is 0 Å². The SMILES string of the molecule is C=CCOc1ccc(Cl)cc1CNCCCCC. The number of unbranched alkanes of at least 4 members (excludes halogenated alkanes) is 2. The van der Waals surface area contributed by atoms with Crippen molar-refractivity contribution >= 4 is 11.6 Å². The number of hydrogen-bond acceptors (Lipinski definition) is 2. The lowest BCUT2D eigenvalue weighted by atomic mass is 10.2. The monoisotopic (exact) mass is 267 g/mol. The largest absolute Gasteiger partial charge is 0.489 e. The highest BCUT2D eigenvalue weighted by Gasteiger charge is 2.04. The molecule has 100 valence electrons. The summed E-state index contributed by atoms with van der Waals surface area (Å²) in [6.45, 7) is 8.19. The molecule has 0 bridgehead atoms. The van der Waals surface area contributed by atoms with Gasteiger partial charge < -0.3 is 10.1 Å². The normalized spacial score (nSPS) is 10.3. The summed E-state index contributed by atoms with van der Waals surface area (Å²) in [4.78, 5) is 0. The van der Waals surface area contributed by atoms with Crippen molar-refractivity contribution in [2.45, 2.75) is 32.7 Å². The Kier molecular flexibility index (Phi) is 7.54. The summed E-state index contributed by atoms with van der Waals surface area (Å²) in [5, 5.41) is 4.16. The molecule has 1 N–H and O–H groups in total. The number of ether oxygens (including phenoxy) is 1. The maximum atomic E-state index is 6.01. The Bertz CT molecular complexity index is 366. The van der Waals surface area contributed by atoms with Gasteiger partial charge in [0.2, 0.25) is 0 Å². The minimum atomic E-state index is 0.518. The first kappa shape index (κ1) is 15.1. The van der Waals surface area contributed by atoms with E-state index in [4.69, 9.17) is 16.3 Å². The van der Waals surface area contributed by atoms with Crippen LogP contribution in [0.1, 0.15) is 31.7 Å². The molecule has 2 nitrogen and oxygen atoms in total. The van der Waals surface area contributed by atoms with Crippen LogP contribution in [0.5, 0.6) is 5.75 Å². The third-order valence-electron chi connectivity index (χ3n) is 2.65. The molecule has 0 spiro atoms. The summed E-state index contributed by atoms with van der Waals surface area (Å²) in [6, 6.07) is 5.71. The second-order valence-electron chi connectivity index (χ2n) is 4.24. The van der Waals surface area contributed by atoms with E-state index in [2.05, 4.69) is 18.8 Å². The standard InChI is InChI=1S/C15H22ClNO/c1-3-5-6-9-17-12-13-11-14(16)7-8-15(13)18-10-4-2/h4,7-8,11,17H,2-3,5-6,9-10,12H2,1H3. The maximum Gasteiger partial charge on any atom is 0.124 e. The first-order chi connectivity index (χ1) is 8.77. The van der Waals surface area contributed by atoms with Gasteiger partial charge in [-0.05, 0) is 31.2 Å². The molecule has 0 atom stereocenters. The van der Waals surface area contributed by atoms with E-state index in [0.717, 1.165) is 29.4 Å². The molecule has 1 rings (SSSR count). The number of benzene rings is 1. The zero-order valence-corrected chi connectivity index (χ0v) is 11.8. The number of hydrogen-bond donors (Lipinski definition) is 1. The smallest absolute Gasteiger partial charge is 0.124 e. The Labute approximate surface area is 115 Å². The highest BCUT2D eigenvalue weighted by atomic mass is 35.5. The Morgan fingerprint density at radius 1 is 1.39 bits per heavy atom. The van der Waals surface area contributed by atoms with Crippen LogP contribution in [0.4, 0.5) is 0 Å². The fourth-order valence-corrected chi connectivity index (χ4v) is 1.89.